The molecule has 0 unspecified atom stereocenters. The van der Waals surface area contributed by atoms with E-state index in [0.29, 0.717) is 18.8 Å². The molecule has 3 N–H and O–H groups in total. The number of nitrogens with one attached hydrogen (secondary N) is 3. The number of ether oxygens (including phenoxy) is 2. The minimum Gasteiger partial charge on any atom is -0.494 e. The average Bonchev–Trinajstić information content (AvgIpc) is 2.62. The first kappa shape index (κ1) is 18.5. The van der Waals surface area contributed by atoms with Crippen LogP contribution in [0.1, 0.15) is 24.2 Å². The van der Waals surface area contributed by atoms with Crippen LogP contribution in [0, 0.1) is 0 Å². The molecule has 0 bridgehead atoms. The molecule has 0 fully saturated rings. The van der Waals surface area contributed by atoms with Crippen LogP contribution in [0.3, 0.4) is 0 Å². The van der Waals surface area contributed by atoms with Crippen molar-refractivity contribution >= 4 is 28.9 Å². The van der Waals surface area contributed by atoms with Crippen LogP contribution >= 0.6 is 12.2 Å². The Balaban J connectivity index is 1.81. The zero-order valence-electron chi connectivity index (χ0n) is 14.2. The maximum atomic E-state index is 12.1. The molecule has 0 heterocycles. The summed E-state index contributed by atoms with van der Waals surface area (Å²) in [5.74, 6) is 1.22. The molecule has 25 heavy (non-hydrogen) atoms. The third-order valence-electron chi connectivity index (χ3n) is 3.14. The van der Waals surface area contributed by atoms with Gasteiger partial charge in [0.2, 0.25) is 0 Å². The second kappa shape index (κ2) is 9.48. The van der Waals surface area contributed by atoms with Gasteiger partial charge in [-0.3, -0.25) is 15.6 Å². The molecule has 0 atom stereocenters. The molecule has 2 aromatic carbocycles. The summed E-state index contributed by atoms with van der Waals surface area (Å²) in [6, 6.07) is 14.2. The van der Waals surface area contributed by atoms with Gasteiger partial charge in [0, 0.05) is 11.3 Å². The van der Waals surface area contributed by atoms with Crippen molar-refractivity contribution in [1.82, 2.24) is 10.9 Å². The number of hydrogen-bond donors (Lipinski definition) is 3. The number of thiocarbonyl (C=S) groups is 1. The summed E-state index contributed by atoms with van der Waals surface area (Å²) in [5, 5.41) is 3.25. The van der Waals surface area contributed by atoms with E-state index in [0.717, 1.165) is 17.2 Å². The third-order valence-corrected chi connectivity index (χ3v) is 3.34. The number of rotatable bonds is 6. The molecule has 2 aromatic rings. The molecule has 0 aliphatic carbocycles. The first-order valence-corrected chi connectivity index (χ1v) is 8.36. The Morgan fingerprint density at radius 1 is 0.880 bits per heavy atom. The second-order valence-electron chi connectivity index (χ2n) is 4.95. The third kappa shape index (κ3) is 5.96. The lowest BCUT2D eigenvalue weighted by Crippen LogP contribution is -2.43. The van der Waals surface area contributed by atoms with E-state index in [2.05, 4.69) is 16.2 Å². The van der Waals surface area contributed by atoms with Crippen molar-refractivity contribution in [2.75, 3.05) is 18.5 Å². The van der Waals surface area contributed by atoms with E-state index in [9.17, 15) is 4.79 Å². The molecular formula is C18H21N3O3S. The van der Waals surface area contributed by atoms with Crippen molar-refractivity contribution in [2.24, 2.45) is 0 Å². The largest absolute Gasteiger partial charge is 0.494 e. The number of benzene rings is 2. The summed E-state index contributed by atoms with van der Waals surface area (Å²) < 4.78 is 10.7. The van der Waals surface area contributed by atoms with E-state index in [1.807, 2.05) is 38.1 Å². The highest BCUT2D eigenvalue weighted by molar-refractivity contribution is 7.80. The summed E-state index contributed by atoms with van der Waals surface area (Å²) in [5.41, 5.74) is 6.50. The van der Waals surface area contributed by atoms with E-state index in [4.69, 9.17) is 21.7 Å². The van der Waals surface area contributed by atoms with Gasteiger partial charge in [-0.1, -0.05) is 0 Å². The zero-order chi connectivity index (χ0) is 18.1. The van der Waals surface area contributed by atoms with Crippen LogP contribution in [0.4, 0.5) is 5.69 Å². The first-order chi connectivity index (χ1) is 12.1. The number of hydrogen-bond acceptors (Lipinski definition) is 4. The summed E-state index contributed by atoms with van der Waals surface area (Å²) in [6.07, 6.45) is 0. The molecule has 6 nitrogen and oxygen atoms in total. The minimum absolute atomic E-state index is 0.281. The highest BCUT2D eigenvalue weighted by atomic mass is 32.1. The van der Waals surface area contributed by atoms with Crippen LogP contribution in [-0.2, 0) is 0 Å². The molecule has 0 aliphatic heterocycles. The lowest BCUT2D eigenvalue weighted by molar-refractivity contribution is 0.0944. The van der Waals surface area contributed by atoms with Gasteiger partial charge in [0.15, 0.2) is 5.11 Å². The molecule has 0 aromatic heterocycles. The standard InChI is InChI=1S/C18H21N3O3S/c1-3-23-15-9-5-13(6-10-15)17(22)20-21-18(25)19-14-7-11-16(12-8-14)24-4-2/h5-12H,3-4H2,1-2H3,(H,20,22)(H2,19,21,25). The Bertz CT molecular complexity index is 703. The van der Waals surface area contributed by atoms with Gasteiger partial charge in [0.05, 0.1) is 13.2 Å². The fourth-order valence-corrected chi connectivity index (χ4v) is 2.19. The van der Waals surface area contributed by atoms with Crippen molar-refractivity contribution < 1.29 is 14.3 Å². The number of amides is 1. The van der Waals surface area contributed by atoms with Crippen LogP contribution < -0.4 is 25.6 Å². The average molecular weight is 359 g/mol. The molecule has 1 amide bonds. The van der Waals surface area contributed by atoms with Gasteiger partial charge in [-0.15, -0.1) is 0 Å². The predicted octanol–water partition coefficient (Wildman–Crippen LogP) is 3.12. The Labute approximate surface area is 152 Å². The molecule has 0 saturated heterocycles. The Hall–Kier alpha value is -2.80. The quantitative estimate of drug-likeness (QED) is 0.544. The second-order valence-corrected chi connectivity index (χ2v) is 5.36. The highest BCUT2D eigenvalue weighted by Gasteiger charge is 2.06. The SMILES string of the molecule is CCOc1ccc(NC(=S)NNC(=O)c2ccc(OCC)cc2)cc1. The van der Waals surface area contributed by atoms with Crippen molar-refractivity contribution in [3.05, 3.63) is 54.1 Å². The van der Waals surface area contributed by atoms with Gasteiger partial charge in [-0.05, 0) is 74.6 Å². The Morgan fingerprint density at radius 2 is 1.40 bits per heavy atom. The van der Waals surface area contributed by atoms with Crippen LogP contribution in [0.5, 0.6) is 11.5 Å². The van der Waals surface area contributed by atoms with Gasteiger partial charge in [-0.2, -0.15) is 0 Å². The number of anilines is 1. The molecule has 0 saturated carbocycles. The molecular weight excluding hydrogens is 338 g/mol. The molecule has 0 aliphatic rings. The van der Waals surface area contributed by atoms with Crippen molar-refractivity contribution in [3.8, 4) is 11.5 Å². The van der Waals surface area contributed by atoms with Crippen molar-refractivity contribution in [1.29, 1.82) is 0 Å². The van der Waals surface area contributed by atoms with Crippen LogP contribution in [0.25, 0.3) is 0 Å². The highest BCUT2D eigenvalue weighted by Crippen LogP contribution is 2.15. The van der Waals surface area contributed by atoms with Crippen LogP contribution in [0.15, 0.2) is 48.5 Å². The molecule has 0 spiro atoms. The molecule has 2 rings (SSSR count). The maximum Gasteiger partial charge on any atom is 0.269 e. The van der Waals surface area contributed by atoms with E-state index >= 15 is 0 Å². The lowest BCUT2D eigenvalue weighted by atomic mass is 10.2. The van der Waals surface area contributed by atoms with Gasteiger partial charge >= 0.3 is 0 Å². The van der Waals surface area contributed by atoms with Crippen LogP contribution in [0.2, 0.25) is 0 Å². The first-order valence-electron chi connectivity index (χ1n) is 7.95. The molecule has 7 heteroatoms. The summed E-state index contributed by atoms with van der Waals surface area (Å²) >= 11 is 5.16. The van der Waals surface area contributed by atoms with E-state index < -0.39 is 0 Å². The molecule has 0 radical (unpaired) electrons. The van der Waals surface area contributed by atoms with Crippen molar-refractivity contribution in [3.63, 3.8) is 0 Å². The summed E-state index contributed by atoms with van der Waals surface area (Å²) in [6.45, 7) is 5.03. The van der Waals surface area contributed by atoms with Gasteiger partial charge in [0.1, 0.15) is 11.5 Å². The minimum atomic E-state index is -0.293. The Kier molecular flexibility index (Phi) is 7.03. The summed E-state index contributed by atoms with van der Waals surface area (Å²) in [4.78, 5) is 12.1. The zero-order valence-corrected chi connectivity index (χ0v) is 15.0. The Morgan fingerprint density at radius 3 is 1.92 bits per heavy atom. The predicted molar refractivity (Wildman–Crippen MR) is 102 cm³/mol. The monoisotopic (exact) mass is 359 g/mol. The van der Waals surface area contributed by atoms with Gasteiger partial charge < -0.3 is 14.8 Å². The maximum absolute atomic E-state index is 12.1. The van der Waals surface area contributed by atoms with E-state index in [-0.39, 0.29) is 11.0 Å². The number of hydrazine groups is 1. The number of carbonyl (C=O) groups is 1. The van der Waals surface area contributed by atoms with Crippen molar-refractivity contribution in [2.45, 2.75) is 13.8 Å². The normalized spacial score (nSPS) is 9.84. The lowest BCUT2D eigenvalue weighted by Gasteiger charge is -2.12. The number of carbonyl (C=O) groups excluding carboxylic acids is 1. The van der Waals surface area contributed by atoms with Gasteiger partial charge in [-0.25, -0.2) is 0 Å². The fourth-order valence-electron chi connectivity index (χ4n) is 2.02. The fraction of sp³-hybridized carbons (Fsp3) is 0.222. The topological polar surface area (TPSA) is 71.6 Å². The van der Waals surface area contributed by atoms with E-state index in [1.54, 1.807) is 24.3 Å². The smallest absolute Gasteiger partial charge is 0.269 e. The van der Waals surface area contributed by atoms with E-state index in [1.165, 1.54) is 0 Å². The van der Waals surface area contributed by atoms with Gasteiger partial charge in [0.25, 0.3) is 5.91 Å². The van der Waals surface area contributed by atoms with Crippen LogP contribution in [-0.4, -0.2) is 24.2 Å². The summed E-state index contributed by atoms with van der Waals surface area (Å²) in [7, 11) is 0. The molecule has 132 valence electrons.